The van der Waals surface area contributed by atoms with Crippen molar-refractivity contribution in [1.29, 1.82) is 0 Å². The molecule has 1 aliphatic carbocycles. The smallest absolute Gasteiger partial charge is 0.255 e. The molecule has 0 spiro atoms. The second-order valence-corrected chi connectivity index (χ2v) is 9.14. The minimum absolute atomic E-state index is 0.0325. The van der Waals surface area contributed by atoms with Crippen LogP contribution in [0.3, 0.4) is 0 Å². The van der Waals surface area contributed by atoms with Gasteiger partial charge in [-0.2, -0.15) is 4.80 Å². The molecule has 3 aromatic rings. The van der Waals surface area contributed by atoms with E-state index in [9.17, 15) is 28.2 Å². The van der Waals surface area contributed by atoms with Gasteiger partial charge in [-0.3, -0.25) is 9.78 Å². The van der Waals surface area contributed by atoms with E-state index in [0.717, 1.165) is 16.9 Å². The van der Waals surface area contributed by atoms with Crippen LogP contribution >= 0.6 is 11.6 Å². The summed E-state index contributed by atoms with van der Waals surface area (Å²) in [5.41, 5.74) is -2.50. The number of aryl methyl sites for hydroxylation is 1. The molecule has 9 nitrogen and oxygen atoms in total. The number of carbonyl (C=O) groups is 1. The van der Waals surface area contributed by atoms with Crippen LogP contribution in [0.5, 0.6) is 0 Å². The number of aliphatic hydroxyl groups is 2. The predicted octanol–water partition coefficient (Wildman–Crippen LogP) is 2.96. The number of carbonyl (C=O) groups excluding carboxylic acids is 1. The van der Waals surface area contributed by atoms with Crippen LogP contribution in [-0.4, -0.2) is 58.9 Å². The zero-order valence-corrected chi connectivity index (χ0v) is 19.8. The minimum atomic E-state index is -3.21. The number of aliphatic hydroxyl groups excluding tert-OH is 1. The Hall–Kier alpha value is -3.16. The molecule has 1 amide bonds. The van der Waals surface area contributed by atoms with Crippen molar-refractivity contribution < 1.29 is 32.6 Å². The van der Waals surface area contributed by atoms with Gasteiger partial charge in [0.1, 0.15) is 11.6 Å². The first-order valence-electron chi connectivity index (χ1n) is 10.8. The average molecular weight is 529 g/mol. The Morgan fingerprint density at radius 1 is 1.25 bits per heavy atom. The van der Waals surface area contributed by atoms with Gasteiger partial charge in [-0.15, -0.1) is 10.2 Å². The van der Waals surface area contributed by atoms with Gasteiger partial charge in [-0.05, 0) is 42.3 Å². The van der Waals surface area contributed by atoms with Gasteiger partial charge in [0.25, 0.3) is 11.8 Å². The number of halogens is 5. The lowest BCUT2D eigenvalue weighted by Crippen LogP contribution is -2.59. The number of rotatable bonds is 5. The fraction of sp³-hybridized carbons (Fsp3) is 0.409. The Bertz CT molecular complexity index is 1320. The fourth-order valence-electron chi connectivity index (χ4n) is 4.08. The molecule has 2 heterocycles. The molecule has 192 valence electrons. The van der Waals surface area contributed by atoms with Crippen LogP contribution in [0.15, 0.2) is 24.4 Å². The molecule has 0 bridgehead atoms. The molecule has 1 fully saturated rings. The highest BCUT2D eigenvalue weighted by atomic mass is 35.5. The van der Waals surface area contributed by atoms with Gasteiger partial charge >= 0.3 is 0 Å². The van der Waals surface area contributed by atoms with E-state index < -0.39 is 60.5 Å². The molecule has 0 radical (unpaired) electrons. The van der Waals surface area contributed by atoms with Crippen molar-refractivity contribution in [1.82, 2.24) is 30.5 Å². The molecule has 2 aromatic heterocycles. The lowest BCUT2D eigenvalue weighted by atomic mass is 9.79. The molecular weight excluding hydrogens is 508 g/mol. The number of nitrogens with zero attached hydrogens (tertiary/aromatic N) is 5. The van der Waals surface area contributed by atoms with E-state index in [1.165, 1.54) is 26.2 Å². The lowest BCUT2D eigenvalue weighted by molar-refractivity contribution is -0.184. The summed E-state index contributed by atoms with van der Waals surface area (Å²) in [7, 11) is 1.49. The van der Waals surface area contributed by atoms with Gasteiger partial charge in [-0.25, -0.2) is 17.6 Å². The second kappa shape index (κ2) is 9.37. The molecule has 0 aliphatic heterocycles. The second-order valence-electron chi connectivity index (χ2n) is 8.70. The van der Waals surface area contributed by atoms with E-state index in [1.54, 1.807) is 0 Å². The summed E-state index contributed by atoms with van der Waals surface area (Å²) in [5.74, 6) is -6.05. The van der Waals surface area contributed by atoms with Crippen molar-refractivity contribution in [2.75, 3.05) is 0 Å². The van der Waals surface area contributed by atoms with E-state index >= 15 is 4.39 Å². The molecule has 1 aliphatic rings. The highest BCUT2D eigenvalue weighted by Crippen LogP contribution is 2.39. The third-order valence-electron chi connectivity index (χ3n) is 6.03. The van der Waals surface area contributed by atoms with Crippen LogP contribution in [-0.2, 0) is 11.8 Å². The minimum Gasteiger partial charge on any atom is -0.389 e. The summed E-state index contributed by atoms with van der Waals surface area (Å²) in [5, 5.41) is 34.3. The SMILES string of the molecule is CC(NC(=O)C1(O)CCC(F)(F)CC1O)c1ncc(-c2cc(Cl)cc(F)c2-c2nnn(C)n2)cc1F. The lowest BCUT2D eigenvalue weighted by Gasteiger charge is -2.39. The van der Waals surface area contributed by atoms with Crippen molar-refractivity contribution in [3.05, 3.63) is 46.7 Å². The summed E-state index contributed by atoms with van der Waals surface area (Å²) in [6.07, 6.45) is -3.32. The molecule has 1 saturated carbocycles. The zero-order chi connectivity index (χ0) is 26.4. The molecule has 1 aromatic carbocycles. The maximum absolute atomic E-state index is 15.1. The molecule has 3 N–H and O–H groups in total. The van der Waals surface area contributed by atoms with E-state index in [2.05, 4.69) is 25.7 Å². The Labute approximate surface area is 207 Å². The van der Waals surface area contributed by atoms with E-state index in [0.29, 0.717) is 0 Å². The van der Waals surface area contributed by atoms with Crippen LogP contribution < -0.4 is 5.32 Å². The van der Waals surface area contributed by atoms with E-state index in [4.69, 9.17) is 11.6 Å². The van der Waals surface area contributed by atoms with Crippen molar-refractivity contribution in [3.8, 4) is 22.5 Å². The van der Waals surface area contributed by atoms with E-state index in [1.807, 2.05) is 0 Å². The summed E-state index contributed by atoms with van der Waals surface area (Å²) < 4.78 is 56.9. The van der Waals surface area contributed by atoms with Crippen molar-refractivity contribution in [2.24, 2.45) is 7.05 Å². The van der Waals surface area contributed by atoms with Gasteiger partial charge in [0.15, 0.2) is 5.60 Å². The summed E-state index contributed by atoms with van der Waals surface area (Å²) >= 11 is 6.01. The maximum atomic E-state index is 15.1. The first-order chi connectivity index (χ1) is 16.8. The van der Waals surface area contributed by atoms with Crippen molar-refractivity contribution in [3.63, 3.8) is 0 Å². The first-order valence-corrected chi connectivity index (χ1v) is 11.2. The maximum Gasteiger partial charge on any atom is 0.255 e. The summed E-state index contributed by atoms with van der Waals surface area (Å²) in [6.45, 7) is 1.37. The van der Waals surface area contributed by atoms with Gasteiger partial charge in [0.2, 0.25) is 5.82 Å². The Kier molecular flexibility index (Phi) is 6.75. The number of alkyl halides is 2. The van der Waals surface area contributed by atoms with Gasteiger partial charge in [-0.1, -0.05) is 11.6 Å². The molecule has 4 rings (SSSR count). The van der Waals surface area contributed by atoms with Crippen LogP contribution in [0.25, 0.3) is 22.5 Å². The molecule has 14 heteroatoms. The van der Waals surface area contributed by atoms with Gasteiger partial charge < -0.3 is 15.5 Å². The molecule has 3 atom stereocenters. The van der Waals surface area contributed by atoms with Crippen molar-refractivity contribution in [2.45, 2.75) is 49.9 Å². The fourth-order valence-corrected chi connectivity index (χ4v) is 4.28. The highest BCUT2D eigenvalue weighted by Gasteiger charge is 2.53. The Morgan fingerprint density at radius 2 is 1.97 bits per heavy atom. The average Bonchev–Trinajstić information content (AvgIpc) is 3.21. The summed E-state index contributed by atoms with van der Waals surface area (Å²) in [6, 6.07) is 2.36. The normalized spacial score (nSPS) is 22.3. The largest absolute Gasteiger partial charge is 0.389 e. The third kappa shape index (κ3) is 4.90. The molecule has 36 heavy (non-hydrogen) atoms. The monoisotopic (exact) mass is 528 g/mol. The number of nitrogens with one attached hydrogen (secondary N) is 1. The van der Waals surface area contributed by atoms with Gasteiger partial charge in [0, 0.05) is 29.6 Å². The quantitative estimate of drug-likeness (QED) is 0.435. The zero-order valence-electron chi connectivity index (χ0n) is 19.0. The number of hydrogen-bond acceptors (Lipinski definition) is 7. The molecule has 0 saturated heterocycles. The Morgan fingerprint density at radius 3 is 2.58 bits per heavy atom. The predicted molar refractivity (Wildman–Crippen MR) is 119 cm³/mol. The van der Waals surface area contributed by atoms with Crippen LogP contribution in [0, 0.1) is 11.6 Å². The Balaban J connectivity index is 1.61. The number of tetrazole rings is 1. The van der Waals surface area contributed by atoms with Crippen LogP contribution in [0.4, 0.5) is 17.6 Å². The van der Waals surface area contributed by atoms with Gasteiger partial charge in [0.05, 0.1) is 30.5 Å². The highest BCUT2D eigenvalue weighted by molar-refractivity contribution is 6.31. The summed E-state index contributed by atoms with van der Waals surface area (Å²) in [4.78, 5) is 17.8. The molecule has 3 unspecified atom stereocenters. The van der Waals surface area contributed by atoms with Crippen LogP contribution in [0.2, 0.25) is 5.02 Å². The third-order valence-corrected chi connectivity index (χ3v) is 6.25. The van der Waals surface area contributed by atoms with Crippen molar-refractivity contribution >= 4 is 17.5 Å². The van der Waals surface area contributed by atoms with E-state index in [-0.39, 0.29) is 33.2 Å². The van der Waals surface area contributed by atoms with Crippen LogP contribution in [0.1, 0.15) is 37.9 Å². The number of hydrogen-bond donors (Lipinski definition) is 3. The standard InChI is InChI=1S/C22H21ClF4N6O3/c1-10(29-20(35)22(36)4-3-21(26,27)8-16(22)34)18-15(25)5-11(9-28-18)13-6-12(23)7-14(24)17(13)19-30-32-33(2)31-19/h5-7,9-10,16,34,36H,3-4,8H2,1-2H3,(H,29,35). The first kappa shape index (κ1) is 25.9. The number of benzene rings is 1. The number of pyridine rings is 1. The topological polar surface area (TPSA) is 126 Å². The number of amides is 1. The number of aromatic nitrogens is 5. The molecular formula is C22H21ClF4N6O3.